The molecular weight excluding hydrogens is 458 g/mol. The van der Waals surface area contributed by atoms with Crippen molar-refractivity contribution in [3.05, 3.63) is 23.8 Å². The van der Waals surface area contributed by atoms with Gasteiger partial charge >= 0.3 is 0 Å². The molecule has 0 unspecified atom stereocenters. The topological polar surface area (TPSA) is 122 Å². The second-order valence-electron chi connectivity index (χ2n) is 7.76. The number of nitrogens with zero attached hydrogens (tertiary/aromatic N) is 2. The summed E-state index contributed by atoms with van der Waals surface area (Å²) in [6.45, 7) is 2.08. The van der Waals surface area contributed by atoms with Gasteiger partial charge in [0.1, 0.15) is 5.75 Å². The van der Waals surface area contributed by atoms with Gasteiger partial charge in [0.25, 0.3) is 5.91 Å². The van der Waals surface area contributed by atoms with Crippen molar-refractivity contribution in [3.63, 3.8) is 0 Å². The van der Waals surface area contributed by atoms with E-state index in [2.05, 4.69) is 5.32 Å². The number of ether oxygens (including phenoxy) is 2. The van der Waals surface area contributed by atoms with Crippen molar-refractivity contribution >= 4 is 26.0 Å². The van der Waals surface area contributed by atoms with E-state index in [0.29, 0.717) is 39.4 Å². The van der Waals surface area contributed by atoms with E-state index >= 15 is 0 Å². The summed E-state index contributed by atoms with van der Waals surface area (Å²) in [5.74, 6) is -0.632. The molecule has 1 aromatic carbocycles. The minimum absolute atomic E-state index is 0.0197. The van der Waals surface area contributed by atoms with Crippen LogP contribution in [0.1, 0.15) is 36.0 Å². The molecule has 2 aliphatic heterocycles. The maximum atomic E-state index is 13.1. The van der Waals surface area contributed by atoms with Gasteiger partial charge in [-0.2, -0.15) is 8.61 Å². The van der Waals surface area contributed by atoms with E-state index in [0.717, 1.165) is 25.7 Å². The third-order valence-electron chi connectivity index (χ3n) is 5.63. The lowest BCUT2D eigenvalue weighted by Crippen LogP contribution is -2.43. The molecule has 3 rings (SSSR count). The highest BCUT2D eigenvalue weighted by atomic mass is 32.2. The first-order valence-corrected chi connectivity index (χ1v) is 13.8. The van der Waals surface area contributed by atoms with E-state index in [-0.39, 0.29) is 28.5 Å². The highest BCUT2D eigenvalue weighted by molar-refractivity contribution is 7.89. The molecule has 0 aromatic heterocycles. The molecule has 2 fully saturated rings. The van der Waals surface area contributed by atoms with Crippen LogP contribution < -0.4 is 10.1 Å². The zero-order valence-electron chi connectivity index (χ0n) is 18.3. The fourth-order valence-electron chi connectivity index (χ4n) is 3.80. The van der Waals surface area contributed by atoms with E-state index in [1.165, 1.54) is 33.9 Å². The zero-order valence-corrected chi connectivity index (χ0v) is 19.9. The minimum atomic E-state index is -3.74. The van der Waals surface area contributed by atoms with Gasteiger partial charge in [-0.25, -0.2) is 16.8 Å². The van der Waals surface area contributed by atoms with Crippen LogP contribution >= 0.6 is 0 Å². The third kappa shape index (κ3) is 5.98. The predicted octanol–water partition coefficient (Wildman–Crippen LogP) is 0.652. The molecule has 180 valence electrons. The third-order valence-corrected chi connectivity index (χ3v) is 9.39. The lowest BCUT2D eigenvalue weighted by atomic mass is 10.2. The number of nitrogens with one attached hydrogen (secondary N) is 1. The van der Waals surface area contributed by atoms with Gasteiger partial charge in [0.05, 0.1) is 36.5 Å². The fourth-order valence-corrected chi connectivity index (χ4v) is 6.67. The summed E-state index contributed by atoms with van der Waals surface area (Å²) in [6, 6.07) is 4.17. The maximum absolute atomic E-state index is 13.1. The van der Waals surface area contributed by atoms with Gasteiger partial charge in [0, 0.05) is 32.7 Å². The number of morpholine rings is 1. The highest BCUT2D eigenvalue weighted by Crippen LogP contribution is 2.26. The van der Waals surface area contributed by atoms with Gasteiger partial charge < -0.3 is 14.8 Å². The molecule has 2 saturated heterocycles. The van der Waals surface area contributed by atoms with Gasteiger partial charge in [-0.05, 0) is 31.0 Å². The van der Waals surface area contributed by atoms with E-state index in [4.69, 9.17) is 9.47 Å². The van der Waals surface area contributed by atoms with Crippen molar-refractivity contribution in [2.45, 2.75) is 30.6 Å². The summed E-state index contributed by atoms with van der Waals surface area (Å²) in [7, 11) is -5.88. The van der Waals surface area contributed by atoms with Gasteiger partial charge in [-0.1, -0.05) is 12.8 Å². The molecule has 2 heterocycles. The molecule has 0 radical (unpaired) electrons. The Morgan fingerprint density at radius 1 is 1.00 bits per heavy atom. The van der Waals surface area contributed by atoms with E-state index < -0.39 is 26.0 Å². The Morgan fingerprint density at radius 3 is 2.28 bits per heavy atom. The average molecular weight is 490 g/mol. The summed E-state index contributed by atoms with van der Waals surface area (Å²) < 4.78 is 64.2. The molecular formula is C20H31N3O7S2. The summed E-state index contributed by atoms with van der Waals surface area (Å²) in [5.41, 5.74) is 0.0483. The summed E-state index contributed by atoms with van der Waals surface area (Å²) in [6.07, 6.45) is 3.60. The Balaban J connectivity index is 1.71. The van der Waals surface area contributed by atoms with Crippen LogP contribution in [-0.4, -0.2) is 90.2 Å². The maximum Gasteiger partial charge on any atom is 0.255 e. The van der Waals surface area contributed by atoms with Gasteiger partial charge in [-0.15, -0.1) is 0 Å². The van der Waals surface area contributed by atoms with Crippen molar-refractivity contribution < 1.29 is 31.1 Å². The molecule has 0 aliphatic carbocycles. The van der Waals surface area contributed by atoms with Gasteiger partial charge in [0.2, 0.25) is 20.0 Å². The molecule has 1 amide bonds. The minimum Gasteiger partial charge on any atom is -0.496 e. The Labute approximate surface area is 190 Å². The average Bonchev–Trinajstić information content (AvgIpc) is 3.09. The number of benzene rings is 1. The van der Waals surface area contributed by atoms with Crippen LogP contribution in [0.3, 0.4) is 0 Å². The Morgan fingerprint density at radius 2 is 1.66 bits per heavy atom. The van der Waals surface area contributed by atoms with Crippen molar-refractivity contribution in [3.8, 4) is 5.75 Å². The number of hydrogen-bond acceptors (Lipinski definition) is 7. The monoisotopic (exact) mass is 489 g/mol. The lowest BCUT2D eigenvalue weighted by molar-refractivity contribution is 0.0730. The van der Waals surface area contributed by atoms with Crippen LogP contribution in [0.25, 0.3) is 0 Å². The normalized spacial score (nSPS) is 19.3. The quantitative estimate of drug-likeness (QED) is 0.569. The van der Waals surface area contributed by atoms with E-state index in [1.807, 2.05) is 0 Å². The molecule has 32 heavy (non-hydrogen) atoms. The SMILES string of the molecule is COc1ccc(S(=O)(=O)N2CCCCCC2)cc1C(=O)NCCS(=O)(=O)N1CCOCC1. The number of amides is 1. The van der Waals surface area contributed by atoms with Crippen molar-refractivity contribution in [2.24, 2.45) is 0 Å². The number of carbonyl (C=O) groups is 1. The molecule has 1 aromatic rings. The zero-order chi connectivity index (χ0) is 23.2. The fraction of sp³-hybridized carbons (Fsp3) is 0.650. The van der Waals surface area contributed by atoms with Crippen LogP contribution in [0.15, 0.2) is 23.1 Å². The predicted molar refractivity (Wildman–Crippen MR) is 119 cm³/mol. The number of methoxy groups -OCH3 is 1. The summed E-state index contributed by atoms with van der Waals surface area (Å²) >= 11 is 0. The first-order valence-electron chi connectivity index (χ1n) is 10.8. The molecule has 10 nitrogen and oxygen atoms in total. The van der Waals surface area contributed by atoms with Crippen LogP contribution in [0, 0.1) is 0 Å². The lowest BCUT2D eigenvalue weighted by Gasteiger charge is -2.26. The largest absolute Gasteiger partial charge is 0.496 e. The number of carbonyl (C=O) groups excluding carboxylic acids is 1. The van der Waals surface area contributed by atoms with Gasteiger partial charge in [0.15, 0.2) is 0 Å². The molecule has 0 spiro atoms. The first kappa shape index (κ1) is 24.9. The first-order chi connectivity index (χ1) is 15.3. The number of hydrogen-bond donors (Lipinski definition) is 1. The van der Waals surface area contributed by atoms with Crippen LogP contribution in [0.5, 0.6) is 5.75 Å². The van der Waals surface area contributed by atoms with Crippen LogP contribution in [-0.2, 0) is 24.8 Å². The summed E-state index contributed by atoms with van der Waals surface area (Å²) in [4.78, 5) is 12.8. The smallest absolute Gasteiger partial charge is 0.255 e. The molecule has 12 heteroatoms. The Kier molecular flexibility index (Phi) is 8.50. The Bertz CT molecular complexity index is 998. The van der Waals surface area contributed by atoms with Crippen molar-refractivity contribution in [1.29, 1.82) is 0 Å². The van der Waals surface area contributed by atoms with Crippen LogP contribution in [0.2, 0.25) is 0 Å². The van der Waals surface area contributed by atoms with Gasteiger partial charge in [-0.3, -0.25) is 4.79 Å². The highest BCUT2D eigenvalue weighted by Gasteiger charge is 2.28. The number of sulfonamides is 2. The standard InChI is InChI=1S/C20H31N3O7S2/c1-29-19-7-6-17(32(27,28)23-9-4-2-3-5-10-23)16-18(19)20(24)21-8-15-31(25,26)22-11-13-30-14-12-22/h6-7,16H,2-5,8-15H2,1H3,(H,21,24). The number of rotatable bonds is 8. The Hall–Kier alpha value is -1.73. The molecule has 0 bridgehead atoms. The van der Waals surface area contributed by atoms with Crippen molar-refractivity contribution in [1.82, 2.24) is 13.9 Å². The van der Waals surface area contributed by atoms with E-state index in [9.17, 15) is 21.6 Å². The molecule has 2 aliphatic rings. The second kappa shape index (κ2) is 10.9. The molecule has 1 N–H and O–H groups in total. The second-order valence-corrected chi connectivity index (χ2v) is 11.8. The van der Waals surface area contributed by atoms with E-state index in [1.54, 1.807) is 0 Å². The van der Waals surface area contributed by atoms with Crippen molar-refractivity contribution in [2.75, 3.05) is 58.8 Å². The molecule has 0 saturated carbocycles. The molecule has 0 atom stereocenters. The van der Waals surface area contributed by atoms with Crippen LogP contribution in [0.4, 0.5) is 0 Å². The summed E-state index contributed by atoms with van der Waals surface area (Å²) in [5, 5.41) is 2.57.